The molecule has 0 saturated heterocycles. The summed E-state index contributed by atoms with van der Waals surface area (Å²) < 4.78 is 51.6. The molecule has 0 bridgehead atoms. The molecule has 6 nitrogen and oxygen atoms in total. The van der Waals surface area contributed by atoms with Crippen LogP contribution in [0.5, 0.6) is 0 Å². The van der Waals surface area contributed by atoms with E-state index in [1.165, 1.54) is 0 Å². The molecule has 0 aliphatic heterocycles. The van der Waals surface area contributed by atoms with Crippen LogP contribution in [0.4, 0.5) is 0 Å². The summed E-state index contributed by atoms with van der Waals surface area (Å²) in [5.41, 5.74) is 0. The molecule has 0 atom stereocenters. The summed E-state index contributed by atoms with van der Waals surface area (Å²) in [4.78, 5) is 0. The molecule has 0 radical (unpaired) electrons. The van der Waals surface area contributed by atoms with Crippen molar-refractivity contribution in [3.05, 3.63) is 0 Å². The van der Waals surface area contributed by atoms with Gasteiger partial charge in [0.25, 0.3) is 0 Å². The maximum atomic E-state index is 8.61. The van der Waals surface area contributed by atoms with Crippen LogP contribution in [0.2, 0.25) is 0 Å². The van der Waals surface area contributed by atoms with Gasteiger partial charge in [-0.3, -0.25) is 0 Å². The molecule has 0 aliphatic carbocycles. The fraction of sp³-hybridized carbons (Fsp3) is 0. The molecule has 0 aliphatic rings. The van der Waals surface area contributed by atoms with E-state index < -0.39 is 42.3 Å². The van der Waals surface area contributed by atoms with Crippen molar-refractivity contribution in [2.45, 2.75) is 0 Å². The van der Waals surface area contributed by atoms with Gasteiger partial charge in [0.15, 0.2) is 0 Å². The fourth-order valence-corrected chi connectivity index (χ4v) is 0. The molecule has 0 fully saturated rings. The van der Waals surface area contributed by atoms with E-state index in [1.807, 2.05) is 0 Å². The van der Waals surface area contributed by atoms with E-state index in [1.54, 1.807) is 0 Å². The van der Waals surface area contributed by atoms with E-state index in [4.69, 9.17) is 20.5 Å². The first kappa shape index (κ1) is 17.1. The standard InChI is InChI=1S/AsH3O4.Na.2O.U/c2-1(3,4)5;;;;/h(H3,2,3,4,5);;;;/q;+1;;;+2/p-3. The monoisotopic (exact) mass is 432 g/mol. The summed E-state index contributed by atoms with van der Waals surface area (Å²) in [6, 6.07) is 0. The molecule has 0 unspecified atom stereocenters. The van der Waals surface area contributed by atoms with Crippen molar-refractivity contribution in [1.82, 2.24) is 0 Å². The van der Waals surface area contributed by atoms with Crippen molar-refractivity contribution in [1.29, 1.82) is 0 Å². The zero-order valence-electron chi connectivity index (χ0n) is 4.40. The Hall–Kier alpha value is 1.89. The summed E-state index contributed by atoms with van der Waals surface area (Å²) in [5, 5.41) is 0. The van der Waals surface area contributed by atoms with Gasteiger partial charge in [0.05, 0.1) is 0 Å². The predicted octanol–water partition coefficient (Wildman–Crippen LogP) is -7.30. The Kier molecular flexibility index (Phi) is 18.8. The van der Waals surface area contributed by atoms with Gasteiger partial charge in [0.2, 0.25) is 0 Å². The second kappa shape index (κ2) is 9.89. The maximum absolute atomic E-state index is 8.61. The summed E-state index contributed by atoms with van der Waals surface area (Å²) in [7, 11) is 0. The average Bonchev–Trinajstić information content (AvgIpc) is 1.27. The molecule has 9 heteroatoms. The average molecular weight is 432 g/mol. The summed E-state index contributed by atoms with van der Waals surface area (Å²) >= 11 is -8.38. The van der Waals surface area contributed by atoms with Crippen LogP contribution in [-0.2, 0) is 8.21 Å². The molecule has 0 amide bonds. The molecule has 0 saturated carbocycles. The molecule has 0 spiro atoms. The third-order valence-electron chi connectivity index (χ3n) is 0. The third kappa shape index (κ3) is 172. The molecule has 0 aromatic carbocycles. The van der Waals surface area contributed by atoms with E-state index in [0.717, 1.165) is 0 Å². The molecule has 9 heavy (non-hydrogen) atoms. The van der Waals surface area contributed by atoms with Crippen molar-refractivity contribution in [3.63, 3.8) is 0 Å². The number of hydrogen-bond acceptors (Lipinski definition) is 6. The second-order valence-electron chi connectivity index (χ2n) is 0.531. The first-order chi connectivity index (χ1) is 3.41. The first-order valence-corrected chi connectivity index (χ1v) is 7.60. The first-order valence-electron chi connectivity index (χ1n) is 1.14. The summed E-state index contributed by atoms with van der Waals surface area (Å²) in [6.45, 7) is 0. The SMILES string of the molecule is O=[As]([O-])([O-])[O-].[Na+].[O]=[U+2]=[O]. The van der Waals surface area contributed by atoms with Gasteiger partial charge in [-0.05, 0) is 0 Å². The fourth-order valence-electron chi connectivity index (χ4n) is 0. The Morgan fingerprint density at radius 3 is 1.11 bits per heavy atom. The van der Waals surface area contributed by atoms with Crippen molar-refractivity contribution in [3.8, 4) is 0 Å². The molecule has 0 rings (SSSR count). The Balaban J connectivity index is -0.0000000800. The van der Waals surface area contributed by atoms with Crippen molar-refractivity contribution < 1.29 is 77.9 Å². The zero-order valence-corrected chi connectivity index (χ0v) is 12.4. The molecule has 0 aromatic heterocycles. The van der Waals surface area contributed by atoms with Gasteiger partial charge in [-0.25, -0.2) is 0 Å². The quantitative estimate of drug-likeness (QED) is 0.351. The van der Waals surface area contributed by atoms with Crippen LogP contribution in [0.25, 0.3) is 0 Å². The van der Waals surface area contributed by atoms with Crippen molar-refractivity contribution in [2.75, 3.05) is 0 Å². The minimum atomic E-state index is -5.88. The van der Waals surface area contributed by atoms with Gasteiger partial charge in [-0.1, -0.05) is 0 Å². The van der Waals surface area contributed by atoms with E-state index in [-0.39, 0.29) is 29.6 Å². The molecule has 0 aromatic rings. The zero-order chi connectivity index (χ0) is 7.21. The van der Waals surface area contributed by atoms with Gasteiger partial charge in [-0.15, -0.1) is 0 Å². The van der Waals surface area contributed by atoms with Crippen LogP contribution >= 0.6 is 0 Å². The van der Waals surface area contributed by atoms with Crippen LogP contribution in [0.1, 0.15) is 0 Å². The van der Waals surface area contributed by atoms with Crippen LogP contribution < -0.4 is 41.8 Å². The van der Waals surface area contributed by atoms with Gasteiger partial charge in [0.1, 0.15) is 0 Å². The second-order valence-corrected chi connectivity index (χ2v) is 3.10. The van der Waals surface area contributed by atoms with Crippen LogP contribution in [0, 0.1) is 27.8 Å². The Bertz CT molecular complexity index is 111. The van der Waals surface area contributed by atoms with Crippen LogP contribution in [0.3, 0.4) is 0 Å². The van der Waals surface area contributed by atoms with Crippen LogP contribution in [-0.4, -0.2) is 14.5 Å². The third-order valence-corrected chi connectivity index (χ3v) is 0. The van der Waals surface area contributed by atoms with Crippen molar-refractivity contribution >= 4 is 14.5 Å². The predicted molar refractivity (Wildman–Crippen MR) is 7.81 cm³/mol. The minimum absolute atomic E-state index is 0. The molecular weight excluding hydrogens is 432 g/mol. The van der Waals surface area contributed by atoms with Gasteiger partial charge in [-0.2, -0.15) is 0 Å². The van der Waals surface area contributed by atoms with Gasteiger partial charge >= 0.3 is 92.4 Å². The Morgan fingerprint density at radius 1 is 1.11 bits per heavy atom. The molecule has 0 N–H and O–H groups in total. The van der Waals surface area contributed by atoms with Crippen molar-refractivity contribution in [2.24, 2.45) is 0 Å². The Labute approximate surface area is 90.9 Å². The topological polar surface area (TPSA) is 120 Å². The molecular formula is AsNaO6U. The van der Waals surface area contributed by atoms with E-state index >= 15 is 0 Å². The number of rotatable bonds is 0. The van der Waals surface area contributed by atoms with E-state index in [9.17, 15) is 0 Å². The van der Waals surface area contributed by atoms with Crippen LogP contribution in [0.15, 0.2) is 0 Å². The van der Waals surface area contributed by atoms with Gasteiger partial charge in [0, 0.05) is 0 Å². The Morgan fingerprint density at radius 2 is 1.11 bits per heavy atom. The molecule has 0 heterocycles. The number of hydrogen-bond donors (Lipinski definition) is 0. The normalized spacial score (nSPS) is 7.44. The van der Waals surface area contributed by atoms with E-state index in [0.29, 0.717) is 0 Å². The summed E-state index contributed by atoms with van der Waals surface area (Å²) in [5.74, 6) is 0. The molecule has 46 valence electrons. The summed E-state index contributed by atoms with van der Waals surface area (Å²) in [6.07, 6.45) is 0. The van der Waals surface area contributed by atoms with Gasteiger partial charge < -0.3 is 0 Å². The van der Waals surface area contributed by atoms with E-state index in [2.05, 4.69) is 0 Å².